The Hall–Kier alpha value is -6.40. The molecule has 4 N–H and O–H groups in total. The number of hydrogen-bond acceptors (Lipinski definition) is 13. The Labute approximate surface area is 449 Å². The fraction of sp³-hybridized carbons (Fsp3) is 0.552. The second-order valence-corrected chi connectivity index (χ2v) is 23.6. The molecule has 76 heavy (non-hydrogen) atoms. The number of fused-ring (bicyclic) bond motifs is 6. The van der Waals surface area contributed by atoms with Crippen molar-refractivity contribution in [3.63, 3.8) is 0 Å². The summed E-state index contributed by atoms with van der Waals surface area (Å²) in [6, 6.07) is 17.3. The van der Waals surface area contributed by atoms with Crippen molar-refractivity contribution >= 4 is 62.3 Å². The summed E-state index contributed by atoms with van der Waals surface area (Å²) in [5, 5.41) is 14.2. The summed E-state index contributed by atoms with van der Waals surface area (Å²) >= 11 is 1.84. The van der Waals surface area contributed by atoms with E-state index in [1.165, 1.54) is 9.58 Å². The highest BCUT2D eigenvalue weighted by molar-refractivity contribution is 7.20. The molecule has 1 atom stereocenters. The molecule has 4 aromatic heterocycles. The van der Waals surface area contributed by atoms with E-state index in [0.717, 1.165) is 148 Å². The third-order valence-corrected chi connectivity index (χ3v) is 17.2. The Balaban J connectivity index is 0.667. The van der Waals surface area contributed by atoms with Crippen molar-refractivity contribution in [2.45, 2.75) is 154 Å². The number of imidazole rings is 1. The summed E-state index contributed by atoms with van der Waals surface area (Å²) in [6.45, 7) is 12.5. The molecule has 1 saturated carbocycles. The first kappa shape index (κ1) is 53.0. The fourth-order valence-electron chi connectivity index (χ4n) is 11.8. The van der Waals surface area contributed by atoms with E-state index in [-0.39, 0.29) is 49.6 Å². The van der Waals surface area contributed by atoms with E-state index in [1.807, 2.05) is 58.6 Å². The third kappa shape index (κ3) is 12.2. The number of aromatic nitrogens is 6. The van der Waals surface area contributed by atoms with Crippen molar-refractivity contribution in [2.75, 3.05) is 38.6 Å². The summed E-state index contributed by atoms with van der Waals surface area (Å²) in [6.07, 6.45) is 11.7. The molecule has 6 heterocycles. The number of nitrogen functional groups attached to an aromatic ring is 1. The zero-order valence-corrected chi connectivity index (χ0v) is 45.4. The molecule has 0 spiro atoms. The van der Waals surface area contributed by atoms with Crippen LogP contribution in [0.2, 0.25) is 0 Å². The summed E-state index contributed by atoms with van der Waals surface area (Å²) < 4.78 is 22.5. The van der Waals surface area contributed by atoms with Gasteiger partial charge in [0, 0.05) is 68.9 Å². The van der Waals surface area contributed by atoms with Gasteiger partial charge in [0.1, 0.15) is 35.3 Å². The molecule has 10 rings (SSSR count). The van der Waals surface area contributed by atoms with Gasteiger partial charge in [-0.3, -0.25) is 14.3 Å². The summed E-state index contributed by atoms with van der Waals surface area (Å²) in [4.78, 5) is 66.9. The highest BCUT2D eigenvalue weighted by Crippen LogP contribution is 2.45. The molecule has 0 radical (unpaired) electrons. The van der Waals surface area contributed by atoms with Crippen LogP contribution in [0, 0.1) is 17.8 Å². The van der Waals surface area contributed by atoms with Crippen LogP contribution in [-0.4, -0.2) is 103 Å². The lowest BCUT2D eigenvalue weighted by molar-refractivity contribution is -0.157. The quantitative estimate of drug-likeness (QED) is 0.0688. The van der Waals surface area contributed by atoms with E-state index < -0.39 is 23.7 Å². The molecule has 0 bridgehead atoms. The first-order valence-electron chi connectivity index (χ1n) is 27.7. The van der Waals surface area contributed by atoms with Gasteiger partial charge in [0.2, 0.25) is 11.8 Å². The van der Waals surface area contributed by atoms with Gasteiger partial charge in [-0.25, -0.2) is 19.6 Å². The first-order chi connectivity index (χ1) is 36.8. The normalized spacial score (nSPS) is 18.9. The molecule has 6 aromatic rings. The van der Waals surface area contributed by atoms with Crippen LogP contribution in [0.5, 0.6) is 0 Å². The third-order valence-electron chi connectivity index (χ3n) is 15.9. The van der Waals surface area contributed by atoms with Crippen LogP contribution in [0.3, 0.4) is 0 Å². The fourth-order valence-corrected chi connectivity index (χ4v) is 13.1. The van der Waals surface area contributed by atoms with Gasteiger partial charge in [0.25, 0.3) is 0 Å². The second-order valence-electron chi connectivity index (χ2n) is 22.5. The van der Waals surface area contributed by atoms with E-state index in [0.29, 0.717) is 35.8 Å². The number of benzene rings is 2. The standard InChI is InChI=1S/C58H74N10O7S/c1-5-6-15-49-63-51-52(68(49)33-37-24-28-73-29-25-37)53-47(61-54(51)59)30-48(76-53)38-22-26-66(27-23-38)55(70)39-18-16-36(17-19-39)32-67-34-40(64-65-67)31-60-50(69)21-20-46(56(71)75-58(2,3)4)62-57(72)74-35-45-43-13-9-7-11-41(43)42-12-8-10-14-44(42)45/h7-14,30,34,36-39,45-46H,5-6,15-29,31-33,35H2,1-4H3,(H2,59,61)(H,60,69)(H,62,72)/t36?,39?,46-/m0/s1. The number of carbonyl (C=O) groups is 4. The van der Waals surface area contributed by atoms with Crippen molar-refractivity contribution in [1.29, 1.82) is 0 Å². The number of alkyl carbamates (subject to hydrolysis) is 1. The molecule has 3 amide bonds. The number of nitrogens with two attached hydrogens (primary N) is 1. The van der Waals surface area contributed by atoms with Crippen LogP contribution in [0.25, 0.3) is 32.4 Å². The minimum Gasteiger partial charge on any atom is -0.458 e. The van der Waals surface area contributed by atoms with Crippen LogP contribution in [0.1, 0.15) is 144 Å². The average molecular weight is 1060 g/mol. The number of hydrogen-bond donors (Lipinski definition) is 3. The lowest BCUT2D eigenvalue weighted by Crippen LogP contribution is -2.45. The van der Waals surface area contributed by atoms with Crippen LogP contribution in [0.4, 0.5) is 10.6 Å². The van der Waals surface area contributed by atoms with Crippen molar-refractivity contribution in [3.8, 4) is 11.1 Å². The minimum absolute atomic E-state index is 0.0104. The van der Waals surface area contributed by atoms with Crippen LogP contribution >= 0.6 is 11.3 Å². The zero-order chi connectivity index (χ0) is 52.9. The Morgan fingerprint density at radius 3 is 2.29 bits per heavy atom. The number of carbonyl (C=O) groups excluding carboxylic acids is 4. The smallest absolute Gasteiger partial charge is 0.407 e. The summed E-state index contributed by atoms with van der Waals surface area (Å²) in [5.41, 5.74) is 13.7. The highest BCUT2D eigenvalue weighted by atomic mass is 32.1. The Kier molecular flexibility index (Phi) is 16.4. The van der Waals surface area contributed by atoms with Crippen molar-refractivity contribution < 1.29 is 33.4 Å². The number of unbranched alkanes of at least 4 members (excludes halogenated alkanes) is 1. The highest BCUT2D eigenvalue weighted by Gasteiger charge is 2.35. The van der Waals surface area contributed by atoms with Crippen LogP contribution in [0.15, 0.2) is 60.8 Å². The number of likely N-dealkylation sites (tertiary alicyclic amines) is 1. The molecular formula is C58H74N10O7S. The van der Waals surface area contributed by atoms with Crippen molar-refractivity contribution in [1.82, 2.24) is 45.1 Å². The molecule has 0 unspecified atom stereocenters. The van der Waals surface area contributed by atoms with E-state index in [2.05, 4.69) is 55.5 Å². The maximum atomic E-state index is 13.9. The molecule has 2 aliphatic heterocycles. The van der Waals surface area contributed by atoms with Gasteiger partial charge in [0.15, 0.2) is 5.82 Å². The molecule has 4 aliphatic rings. The van der Waals surface area contributed by atoms with Crippen LogP contribution in [-0.2, 0) is 54.6 Å². The summed E-state index contributed by atoms with van der Waals surface area (Å²) in [7, 11) is 0. The topological polar surface area (TPSA) is 211 Å². The first-order valence-corrected chi connectivity index (χ1v) is 28.5. The van der Waals surface area contributed by atoms with Gasteiger partial charge >= 0.3 is 12.1 Å². The van der Waals surface area contributed by atoms with Crippen molar-refractivity contribution in [2.24, 2.45) is 17.8 Å². The second kappa shape index (κ2) is 23.5. The molecule has 17 nitrogen and oxygen atoms in total. The van der Waals surface area contributed by atoms with Crippen molar-refractivity contribution in [3.05, 3.63) is 88.3 Å². The number of nitrogens with one attached hydrogen (secondary N) is 2. The molecule has 404 valence electrons. The lowest BCUT2D eigenvalue weighted by atomic mass is 9.81. The number of ether oxygens (including phenoxy) is 3. The molecule has 2 saturated heterocycles. The number of nitrogens with zero attached hydrogens (tertiary/aromatic N) is 7. The van der Waals surface area contributed by atoms with E-state index in [9.17, 15) is 19.2 Å². The van der Waals surface area contributed by atoms with Gasteiger partial charge in [-0.15, -0.1) is 16.4 Å². The molecule has 3 fully saturated rings. The van der Waals surface area contributed by atoms with Gasteiger partial charge in [0.05, 0.1) is 28.5 Å². The molecule has 2 aliphatic carbocycles. The monoisotopic (exact) mass is 1050 g/mol. The van der Waals surface area contributed by atoms with Gasteiger partial charge in [-0.1, -0.05) is 67.1 Å². The maximum absolute atomic E-state index is 13.9. The largest absolute Gasteiger partial charge is 0.458 e. The number of thiophene rings is 1. The predicted octanol–water partition coefficient (Wildman–Crippen LogP) is 9.45. The van der Waals surface area contributed by atoms with Gasteiger partial charge in [-0.05, 0) is 131 Å². The zero-order valence-electron chi connectivity index (χ0n) is 44.6. The van der Waals surface area contributed by atoms with E-state index >= 15 is 0 Å². The molecule has 2 aromatic carbocycles. The summed E-state index contributed by atoms with van der Waals surface area (Å²) in [5.74, 6) is 2.11. The van der Waals surface area contributed by atoms with Gasteiger partial charge in [-0.2, -0.15) is 0 Å². The number of pyridine rings is 1. The number of piperidine rings is 1. The number of aryl methyl sites for hydroxylation is 1. The maximum Gasteiger partial charge on any atom is 0.407 e. The minimum atomic E-state index is -1.10. The van der Waals surface area contributed by atoms with Crippen LogP contribution < -0.4 is 16.4 Å². The average Bonchev–Trinajstić information content (AvgIpc) is 4.24. The lowest BCUT2D eigenvalue weighted by Gasteiger charge is -2.36. The van der Waals surface area contributed by atoms with Gasteiger partial charge < -0.3 is 40.0 Å². The Morgan fingerprint density at radius 2 is 1.59 bits per heavy atom. The Bertz CT molecular complexity index is 2980. The number of anilines is 1. The molecular weight excluding hydrogens is 981 g/mol. The number of amides is 3. The van der Waals surface area contributed by atoms with E-state index in [1.54, 1.807) is 20.8 Å². The van der Waals surface area contributed by atoms with E-state index in [4.69, 9.17) is 29.9 Å². The number of rotatable bonds is 18. The Morgan fingerprint density at radius 1 is 0.895 bits per heavy atom. The molecule has 18 heteroatoms. The SMILES string of the molecule is CCCCc1nc2c(N)nc3cc(C4CCN(C(=O)C5CCC(Cn6cc(CNC(=O)CC[C@H](NC(=O)OCC7c8ccccc8-c8ccccc87)C(=O)OC(C)(C)C)nn6)CC5)CC4)sc3c2n1CC1CCOCC1. The number of esters is 1. The predicted molar refractivity (Wildman–Crippen MR) is 292 cm³/mol.